The van der Waals surface area contributed by atoms with E-state index in [1.165, 1.54) is 12.1 Å². The number of nitrogens with two attached hydrogens (primary N) is 1. The van der Waals surface area contributed by atoms with Crippen molar-refractivity contribution in [3.05, 3.63) is 71.9 Å². The van der Waals surface area contributed by atoms with Gasteiger partial charge in [-0.25, -0.2) is 13.6 Å². The SMILES string of the molecule is N=C(/C(=C\Nc1ccccc1)C(=O)NCCNC(=O)c1ccc(S(N)(=O)=O)cc1)C(F)(F)F. The van der Waals surface area contributed by atoms with Crippen molar-refractivity contribution in [3.63, 3.8) is 0 Å². The standard InChI is InChI=1S/C20H20F3N5O4S/c21-20(22,23)17(24)16(12-28-14-4-2-1-3-5-14)19(30)27-11-10-26-18(29)13-6-8-15(9-7-13)33(25,31)32/h1-9,12,24,28H,10-11H2,(H,26,29)(H,27,30)(H2,25,31,32)/b16-12+,24-17?. The molecule has 2 aromatic carbocycles. The van der Waals surface area contributed by atoms with E-state index >= 15 is 0 Å². The molecular weight excluding hydrogens is 463 g/mol. The first-order valence-electron chi connectivity index (χ1n) is 9.26. The number of carbonyl (C=O) groups excluding carboxylic acids is 2. The van der Waals surface area contributed by atoms with Gasteiger partial charge in [0.2, 0.25) is 10.0 Å². The van der Waals surface area contributed by atoms with Crippen molar-refractivity contribution in [3.8, 4) is 0 Å². The van der Waals surface area contributed by atoms with E-state index in [1.807, 2.05) is 0 Å². The van der Waals surface area contributed by atoms with Gasteiger partial charge < -0.3 is 16.0 Å². The zero-order valence-corrected chi connectivity index (χ0v) is 17.8. The number of sulfonamides is 1. The van der Waals surface area contributed by atoms with E-state index in [0.29, 0.717) is 5.69 Å². The van der Waals surface area contributed by atoms with E-state index in [9.17, 15) is 31.2 Å². The van der Waals surface area contributed by atoms with Crippen LogP contribution in [-0.4, -0.2) is 45.2 Å². The quantitative estimate of drug-likeness (QED) is 0.209. The van der Waals surface area contributed by atoms with Crippen LogP contribution in [0.2, 0.25) is 0 Å². The Morgan fingerprint density at radius 1 is 0.970 bits per heavy atom. The van der Waals surface area contributed by atoms with Crippen LogP contribution in [0.1, 0.15) is 10.4 Å². The van der Waals surface area contributed by atoms with Gasteiger partial charge in [0.1, 0.15) is 5.71 Å². The van der Waals surface area contributed by atoms with Gasteiger partial charge in [-0.3, -0.25) is 15.0 Å². The summed E-state index contributed by atoms with van der Waals surface area (Å²) in [6.45, 7) is -0.367. The molecule has 0 radical (unpaired) electrons. The molecule has 0 fully saturated rings. The summed E-state index contributed by atoms with van der Waals surface area (Å²) in [6.07, 6.45) is -4.26. The second-order valence-electron chi connectivity index (χ2n) is 6.52. The Hall–Kier alpha value is -3.71. The van der Waals surface area contributed by atoms with Gasteiger partial charge in [-0.1, -0.05) is 18.2 Å². The normalized spacial score (nSPS) is 12.1. The van der Waals surface area contributed by atoms with Gasteiger partial charge in [0.15, 0.2) is 0 Å². The molecule has 0 bridgehead atoms. The summed E-state index contributed by atoms with van der Waals surface area (Å²) in [4.78, 5) is 24.2. The average molecular weight is 483 g/mol. The zero-order chi connectivity index (χ0) is 24.6. The van der Waals surface area contributed by atoms with Crippen LogP contribution in [-0.2, 0) is 14.8 Å². The van der Waals surface area contributed by atoms with E-state index in [2.05, 4.69) is 16.0 Å². The Kier molecular flexibility index (Phi) is 8.32. The number of carbonyl (C=O) groups is 2. The Bertz CT molecular complexity index is 1150. The smallest absolute Gasteiger partial charge is 0.361 e. The Morgan fingerprint density at radius 3 is 2.09 bits per heavy atom. The van der Waals surface area contributed by atoms with Gasteiger partial charge in [-0.15, -0.1) is 0 Å². The highest BCUT2D eigenvalue weighted by atomic mass is 32.2. The highest BCUT2D eigenvalue weighted by molar-refractivity contribution is 7.89. The number of hydrogen-bond acceptors (Lipinski definition) is 6. The maximum absolute atomic E-state index is 13.0. The summed E-state index contributed by atoms with van der Waals surface area (Å²) in [6, 6.07) is 12.8. The van der Waals surface area contributed by atoms with E-state index in [4.69, 9.17) is 10.5 Å². The third kappa shape index (κ3) is 7.73. The lowest BCUT2D eigenvalue weighted by Gasteiger charge is -2.13. The molecule has 2 aromatic rings. The van der Waals surface area contributed by atoms with Gasteiger partial charge in [0.25, 0.3) is 11.8 Å². The molecule has 0 saturated heterocycles. The molecule has 0 saturated carbocycles. The average Bonchev–Trinajstić information content (AvgIpc) is 2.76. The molecule has 0 heterocycles. The highest BCUT2D eigenvalue weighted by Gasteiger charge is 2.39. The number of hydrogen-bond donors (Lipinski definition) is 5. The summed E-state index contributed by atoms with van der Waals surface area (Å²) >= 11 is 0. The number of amides is 2. The maximum atomic E-state index is 13.0. The van der Waals surface area contributed by atoms with Crippen molar-refractivity contribution in [2.24, 2.45) is 5.14 Å². The Balaban J connectivity index is 1.96. The minimum atomic E-state index is -5.04. The first-order chi connectivity index (χ1) is 15.4. The predicted molar refractivity (Wildman–Crippen MR) is 115 cm³/mol. The van der Waals surface area contributed by atoms with Crippen molar-refractivity contribution in [1.82, 2.24) is 10.6 Å². The van der Waals surface area contributed by atoms with Gasteiger partial charge >= 0.3 is 6.18 Å². The van der Waals surface area contributed by atoms with Crippen LogP contribution in [0.15, 0.2) is 71.3 Å². The molecule has 0 unspecified atom stereocenters. The van der Waals surface area contributed by atoms with Crippen LogP contribution in [0.3, 0.4) is 0 Å². The van der Waals surface area contributed by atoms with Crippen molar-refractivity contribution in [2.45, 2.75) is 11.1 Å². The Morgan fingerprint density at radius 2 is 1.55 bits per heavy atom. The van der Waals surface area contributed by atoms with Crippen LogP contribution in [0.4, 0.5) is 18.9 Å². The fourth-order valence-corrected chi connectivity index (χ4v) is 2.95. The first kappa shape index (κ1) is 25.5. The lowest BCUT2D eigenvalue weighted by Crippen LogP contribution is -2.39. The molecule has 0 atom stereocenters. The molecule has 13 heteroatoms. The summed E-state index contributed by atoms with van der Waals surface area (Å²) < 4.78 is 61.4. The number of primary sulfonamides is 1. The third-order valence-electron chi connectivity index (χ3n) is 4.10. The molecule has 0 aliphatic rings. The van der Waals surface area contributed by atoms with Gasteiger partial charge in [0, 0.05) is 30.5 Å². The topological polar surface area (TPSA) is 154 Å². The van der Waals surface area contributed by atoms with Crippen LogP contribution in [0.5, 0.6) is 0 Å². The summed E-state index contributed by atoms with van der Waals surface area (Å²) in [7, 11) is -3.91. The van der Waals surface area contributed by atoms with E-state index in [-0.39, 0.29) is 23.5 Å². The summed E-state index contributed by atoms with van der Waals surface area (Å²) in [5, 5.41) is 19.4. The van der Waals surface area contributed by atoms with Crippen molar-refractivity contribution < 1.29 is 31.2 Å². The molecule has 6 N–H and O–H groups in total. The van der Waals surface area contributed by atoms with Gasteiger partial charge in [-0.05, 0) is 36.4 Å². The summed E-state index contributed by atoms with van der Waals surface area (Å²) in [5.41, 5.74) is -2.24. The molecule has 2 amide bonds. The molecular formula is C20H20F3N5O4S. The van der Waals surface area contributed by atoms with E-state index in [0.717, 1.165) is 18.3 Å². The second kappa shape index (κ2) is 10.7. The number of para-hydroxylation sites is 1. The lowest BCUT2D eigenvalue weighted by atomic mass is 10.1. The fraction of sp³-hybridized carbons (Fsp3) is 0.150. The molecule has 176 valence electrons. The highest BCUT2D eigenvalue weighted by Crippen LogP contribution is 2.21. The molecule has 2 rings (SSSR count). The third-order valence-corrected chi connectivity index (χ3v) is 5.02. The molecule has 33 heavy (non-hydrogen) atoms. The van der Waals surface area contributed by atoms with Crippen molar-refractivity contribution >= 4 is 33.2 Å². The number of rotatable bonds is 9. The number of benzene rings is 2. The summed E-state index contributed by atoms with van der Waals surface area (Å²) in [5.74, 6) is -1.76. The van der Waals surface area contributed by atoms with E-state index < -0.39 is 39.3 Å². The van der Waals surface area contributed by atoms with Crippen LogP contribution in [0.25, 0.3) is 0 Å². The zero-order valence-electron chi connectivity index (χ0n) is 16.9. The lowest BCUT2D eigenvalue weighted by molar-refractivity contribution is -0.117. The predicted octanol–water partition coefficient (Wildman–Crippen LogP) is 1.76. The number of alkyl halides is 3. The monoisotopic (exact) mass is 483 g/mol. The molecule has 0 spiro atoms. The van der Waals surface area contributed by atoms with Crippen LogP contribution >= 0.6 is 0 Å². The number of anilines is 1. The number of nitrogens with one attached hydrogen (secondary N) is 4. The minimum Gasteiger partial charge on any atom is -0.361 e. The molecule has 0 aliphatic heterocycles. The maximum Gasteiger partial charge on any atom is 0.433 e. The largest absolute Gasteiger partial charge is 0.433 e. The van der Waals surface area contributed by atoms with E-state index in [1.54, 1.807) is 30.3 Å². The van der Waals surface area contributed by atoms with Crippen LogP contribution < -0.4 is 21.1 Å². The van der Waals surface area contributed by atoms with Crippen LogP contribution in [0, 0.1) is 5.41 Å². The molecule has 9 nitrogen and oxygen atoms in total. The molecule has 0 aliphatic carbocycles. The molecule has 0 aromatic heterocycles. The van der Waals surface area contributed by atoms with Crippen molar-refractivity contribution in [2.75, 3.05) is 18.4 Å². The van der Waals surface area contributed by atoms with Gasteiger partial charge in [0.05, 0.1) is 10.5 Å². The Labute approximate surface area is 187 Å². The number of halogens is 3. The van der Waals surface area contributed by atoms with Crippen molar-refractivity contribution in [1.29, 1.82) is 5.41 Å². The second-order valence-corrected chi connectivity index (χ2v) is 8.08. The fourth-order valence-electron chi connectivity index (χ4n) is 2.44. The minimum absolute atomic E-state index is 0.111. The first-order valence-corrected chi connectivity index (χ1v) is 10.8. The van der Waals surface area contributed by atoms with Gasteiger partial charge in [-0.2, -0.15) is 13.2 Å².